The maximum absolute atomic E-state index is 13.1. The van der Waals surface area contributed by atoms with Crippen molar-refractivity contribution in [3.05, 3.63) is 180 Å². The zero-order chi connectivity index (χ0) is 80.3. The number of carboxylic acids is 1. The number of hydrogen-bond donors (Lipinski definition) is 2. The first-order valence-corrected chi connectivity index (χ1v) is 39.1. The molecule has 9 aliphatic rings. The van der Waals surface area contributed by atoms with Crippen LogP contribution in [-0.4, -0.2) is 79.6 Å². The molecule has 6 aromatic rings. The number of nitrogens with zero attached hydrogens (tertiary/aromatic N) is 3. The van der Waals surface area contributed by atoms with Crippen LogP contribution in [0.3, 0.4) is 0 Å². The molecule has 0 spiro atoms. The second-order valence-corrected chi connectivity index (χ2v) is 32.0. The Bertz CT molecular complexity index is 4330. The zero-order valence-electron chi connectivity index (χ0n) is 63.8. The molecule has 6 heterocycles. The largest absolute Gasteiger partial charge is 1.00 e. The molecule has 9 fully saturated rings. The van der Waals surface area contributed by atoms with Gasteiger partial charge in [0.25, 0.3) is 0 Å². The Morgan fingerprint density at radius 1 is 0.496 bits per heavy atom. The number of allylic oxidation sites excluding steroid dienone is 3. The molecule has 0 radical (unpaired) electrons. The normalized spacial score (nSPS) is 31.1. The predicted molar refractivity (Wildman–Crippen MR) is 393 cm³/mol. The number of carbonyl (C=O) groups is 6. The summed E-state index contributed by atoms with van der Waals surface area (Å²) in [6.07, 6.45) is 13.8. The van der Waals surface area contributed by atoms with E-state index in [1.54, 1.807) is 80.1 Å². The van der Waals surface area contributed by atoms with Gasteiger partial charge in [0.15, 0.2) is 0 Å². The molecule has 3 saturated heterocycles. The summed E-state index contributed by atoms with van der Waals surface area (Å²) in [7, 11) is -3.04. The fourth-order valence-corrected chi connectivity index (χ4v) is 19.9. The Kier molecular flexibility index (Phi) is 27.6. The number of cyclic esters (lactones) is 3. The first-order valence-electron chi connectivity index (χ1n) is 38.0. The van der Waals surface area contributed by atoms with Crippen LogP contribution in [0.2, 0.25) is 0 Å². The number of carbonyl (C=O) groups excluding carboxylic acids is 5. The maximum Gasteiger partial charge on any atom is 1.00 e. The van der Waals surface area contributed by atoms with E-state index in [0.717, 1.165) is 100 Å². The second kappa shape index (κ2) is 36.4. The van der Waals surface area contributed by atoms with Crippen LogP contribution >= 0.6 is 8.25 Å². The van der Waals surface area contributed by atoms with E-state index in [4.69, 9.17) is 28.9 Å². The molecule has 6 aliphatic carbocycles. The number of benzene rings is 3. The second-order valence-electron chi connectivity index (χ2n) is 31.4. The van der Waals surface area contributed by atoms with Crippen molar-refractivity contribution in [3.63, 3.8) is 0 Å². The Morgan fingerprint density at radius 2 is 0.814 bits per heavy atom. The minimum atomic E-state index is -4.41. The summed E-state index contributed by atoms with van der Waals surface area (Å²) in [4.78, 5) is 95.0. The van der Waals surface area contributed by atoms with Crippen LogP contribution in [0.5, 0.6) is 0 Å². The maximum atomic E-state index is 13.1. The smallest absolute Gasteiger partial charge is 1.00 e. The standard InChI is InChI=1S/C29H30F3NO3.C28H28F3NO4.C28H28F3NO3.Na.HO4P.H/c1-16(34)18-7-10-24-21(12-18)14-26-27(17(2)36-28(26)35)25(24)11-9-23-8-6-20(15-33-23)19-4-3-5-22(13-19)29(30,31)32;1-15-25-23(22-9-6-17(26(33)34)11-19(22)13-24(25)27(35)36-15)10-8-21-7-5-18(14-32-21)16-3-2-4-20(12-16)28(29,30)31;1-16-26-24(23-9-5-17(15-33)11-20(23)13-25(26)27(34)35-16)10-8-22-7-6-19(14-32-22)18-3-2-4-21(12-18)28(29,30)31;;1-4-5(2)3;/h3-6,8-9,11,13,15,17-18,21,24-27H,7,10,12,14H2,1-2H3;2-5,7-8,10,12,14-15,17,19,22-25H,6,9,11,13H2,1H3,(H,33,34);2-4,6-8,10,12,14-17,20,23-26H,5,9,11,13H2,1H3;;1H;/q;;;+1;;-1/b11-9+;2*10-8+;;;/t17-,18-,21+,24-,25+,26-,27+;15-,17-,19+,22-,23+,24-,25+;16-,17-,20+,23-,24+,25-,26+;;;/m111.../s1. The first kappa shape index (κ1) is 85.8. The summed E-state index contributed by atoms with van der Waals surface area (Å²) < 4.78 is 146. The van der Waals surface area contributed by atoms with E-state index in [1.807, 2.05) is 39.0 Å². The van der Waals surface area contributed by atoms with E-state index in [2.05, 4.69) is 37.9 Å². The third-order valence-corrected chi connectivity index (χ3v) is 25.2. The monoisotopic (exact) mass is 1600 g/mol. The van der Waals surface area contributed by atoms with E-state index in [9.17, 15) is 73.4 Å². The fourth-order valence-electron chi connectivity index (χ4n) is 19.9. The third kappa shape index (κ3) is 20.1. The van der Waals surface area contributed by atoms with Gasteiger partial charge in [0.2, 0.25) is 0 Å². The summed E-state index contributed by atoms with van der Waals surface area (Å²) in [6, 6.07) is 26.3. The number of Topliss-reactive ketones (excluding diaryl/α,β-unsaturated/α-hetero) is 1. The van der Waals surface area contributed by atoms with E-state index >= 15 is 0 Å². The summed E-state index contributed by atoms with van der Waals surface area (Å²) in [5.41, 5.74) is 3.18. The molecule has 596 valence electrons. The molecule has 15 rings (SSSR count). The number of halogens is 9. The number of hydrogen-bond acceptors (Lipinski definition) is 16. The van der Waals surface area contributed by atoms with Crippen LogP contribution in [0.1, 0.15) is 140 Å². The number of ether oxygens (including phenoxy) is 3. The van der Waals surface area contributed by atoms with Crippen LogP contribution < -0.4 is 34.5 Å². The van der Waals surface area contributed by atoms with Gasteiger partial charge in [-0.25, -0.2) is 5.26 Å². The first-order chi connectivity index (χ1) is 53.2. The van der Waals surface area contributed by atoms with Gasteiger partial charge < -0.3 is 30.4 Å². The molecular weight excluding hydrogens is 1510 g/mol. The number of pyridine rings is 3. The van der Waals surface area contributed by atoms with Gasteiger partial charge in [-0.3, -0.25) is 38.9 Å². The number of rotatable bonds is 13. The van der Waals surface area contributed by atoms with Crippen LogP contribution in [0.4, 0.5) is 39.5 Å². The topological polar surface area (TPSA) is 259 Å². The van der Waals surface area contributed by atoms with Crippen molar-refractivity contribution < 1.29 is 138 Å². The molecule has 0 amide bonds. The number of aliphatic carboxylic acids is 1. The quantitative estimate of drug-likeness (QED) is 0.0159. The summed E-state index contributed by atoms with van der Waals surface area (Å²) in [5, 5.41) is 16.6. The van der Waals surface area contributed by atoms with Crippen molar-refractivity contribution in [1.29, 1.82) is 0 Å². The minimum absolute atomic E-state index is 0. The van der Waals surface area contributed by atoms with Crippen molar-refractivity contribution >= 4 is 62.4 Å². The molecule has 0 bridgehead atoms. The summed E-state index contributed by atoms with van der Waals surface area (Å²) in [5.74, 6) is 0.767. The van der Waals surface area contributed by atoms with Gasteiger partial charge in [0.05, 0.1) is 57.4 Å². The zero-order valence-corrected chi connectivity index (χ0v) is 65.7. The molecule has 17 nitrogen and oxygen atoms in total. The minimum Gasteiger partial charge on any atom is -1.00 e. The average Bonchev–Trinajstić information content (AvgIpc) is 1.57. The van der Waals surface area contributed by atoms with Crippen molar-refractivity contribution in [2.24, 2.45) is 107 Å². The molecule has 2 N–H and O–H groups in total. The Labute approximate surface area is 672 Å². The van der Waals surface area contributed by atoms with Crippen LogP contribution in [-0.2, 0) is 70.7 Å². The molecule has 22 atom stereocenters. The molecule has 3 aromatic heterocycles. The average molecular weight is 1600 g/mol. The predicted octanol–water partition coefficient (Wildman–Crippen LogP) is 15.5. The molecular formula is C85H88F9N3NaO14P. The van der Waals surface area contributed by atoms with Gasteiger partial charge >= 0.3 is 80.2 Å². The fraction of sp³-hybridized carbons (Fsp3) is 0.471. The van der Waals surface area contributed by atoms with Gasteiger partial charge in [-0.1, -0.05) is 72.8 Å². The molecule has 1 unspecified atom stereocenters. The van der Waals surface area contributed by atoms with Crippen LogP contribution in [0.25, 0.3) is 51.6 Å². The number of aromatic nitrogens is 3. The van der Waals surface area contributed by atoms with Gasteiger partial charge in [0.1, 0.15) is 30.4 Å². The Balaban J connectivity index is 0.000000174. The van der Waals surface area contributed by atoms with E-state index in [0.29, 0.717) is 93.4 Å². The number of fused-ring (bicyclic) bond motifs is 6. The van der Waals surface area contributed by atoms with E-state index < -0.39 is 49.4 Å². The summed E-state index contributed by atoms with van der Waals surface area (Å²) in [6.45, 7) is 7.51. The number of esters is 3. The molecule has 6 saturated carbocycles. The SMILES string of the molecule is CC(=O)[C@@H]1CC[C@@H]2[C@@H](C1)C[C@H]1C(=O)O[C@H](C)[C@H]1[C@H]2/C=C/c1ccc(-c2cccc(C(F)(F)F)c2)cn1.C[C@H]1OC(=O)[C@@H]2C[C@@H]3C[C@H](C(=O)O)CC[C@H]3[C@H](/C=C/c3ccc(-c4cccc(C(F)(F)F)c4)cn3)[C@H]12.C[C@H]1OC(=O)[C@@H]2C[C@@H]3C[C@H](C=O)CC[C@H]3[C@H](/C=C/c3ccc(-c4cccc(C(F)(F)F)c4)cn3)[C@H]12.O=[P+]([O-])OO.[H-].[Na+]. The number of ketones is 1. The summed E-state index contributed by atoms with van der Waals surface area (Å²) >= 11 is 0. The Hall–Kier alpha value is -8.10. The van der Waals surface area contributed by atoms with Crippen molar-refractivity contribution in [1.82, 2.24) is 15.0 Å². The van der Waals surface area contributed by atoms with E-state index in [-0.39, 0.29) is 156 Å². The van der Waals surface area contributed by atoms with Gasteiger partial charge in [0, 0.05) is 69.5 Å². The number of carboxylic acid groups (broad SMARTS) is 1. The van der Waals surface area contributed by atoms with E-state index in [1.165, 1.54) is 18.2 Å². The molecule has 3 aromatic carbocycles. The molecule has 113 heavy (non-hydrogen) atoms. The van der Waals surface area contributed by atoms with Crippen molar-refractivity contribution in [3.8, 4) is 33.4 Å². The number of aldehydes is 1. The molecule has 3 aliphatic heterocycles. The van der Waals surface area contributed by atoms with Gasteiger partial charge in [-0.05, 0) is 252 Å². The number of alkyl halides is 9. The van der Waals surface area contributed by atoms with Gasteiger partial charge in [-0.15, -0.1) is 0 Å². The Morgan fingerprint density at radius 3 is 1.11 bits per heavy atom. The van der Waals surface area contributed by atoms with Crippen molar-refractivity contribution in [2.45, 2.75) is 142 Å². The van der Waals surface area contributed by atoms with Crippen molar-refractivity contribution in [2.75, 3.05) is 0 Å². The third-order valence-electron chi connectivity index (χ3n) is 25.1. The van der Waals surface area contributed by atoms with Crippen LogP contribution in [0, 0.1) is 107 Å². The van der Waals surface area contributed by atoms with Gasteiger partial charge in [-0.2, -0.15) is 39.5 Å². The van der Waals surface area contributed by atoms with Crippen LogP contribution in [0.15, 0.2) is 146 Å². The molecule has 28 heteroatoms.